The molecule has 3 rings (SSSR count). The average Bonchev–Trinajstić information content (AvgIpc) is 3.07. The van der Waals surface area contributed by atoms with Crippen LogP contribution in [0.25, 0.3) is 10.9 Å². The van der Waals surface area contributed by atoms with Crippen LogP contribution in [0.2, 0.25) is 0 Å². The average molecular weight is 509 g/mol. The summed E-state index contributed by atoms with van der Waals surface area (Å²) < 4.78 is 63.8. The van der Waals surface area contributed by atoms with E-state index < -0.39 is 21.8 Å². The molecule has 1 aromatic carbocycles. The molecule has 3 N–H and O–H groups in total. The first kappa shape index (κ1) is 30.1. The van der Waals surface area contributed by atoms with Crippen LogP contribution in [-0.2, 0) is 16.2 Å². The van der Waals surface area contributed by atoms with Crippen molar-refractivity contribution in [1.29, 1.82) is 0 Å². The van der Waals surface area contributed by atoms with Gasteiger partial charge in [-0.3, -0.25) is 4.31 Å². The molecule has 2 aromatic heterocycles. The zero-order chi connectivity index (χ0) is 25.0. The summed E-state index contributed by atoms with van der Waals surface area (Å²) in [6.07, 6.45) is -3.32. The van der Waals surface area contributed by atoms with Gasteiger partial charge in [-0.05, 0) is 19.1 Å². The number of hydrogen-bond donors (Lipinski definition) is 2. The van der Waals surface area contributed by atoms with E-state index in [-0.39, 0.29) is 52.8 Å². The third kappa shape index (κ3) is 7.05. The Balaban J connectivity index is 0.000000336. The Labute approximate surface area is 213 Å². The number of fused-ring (bicyclic) bond motifs is 1. The Morgan fingerprint density at radius 3 is 2.32 bits per heavy atom. The largest absolute Gasteiger partial charge is 1.00 e. The van der Waals surface area contributed by atoms with Crippen molar-refractivity contribution in [3.05, 3.63) is 56.6 Å². The van der Waals surface area contributed by atoms with Gasteiger partial charge in [0.1, 0.15) is 12.1 Å². The number of rotatable bonds is 6. The molecule has 1 atom stereocenters. The van der Waals surface area contributed by atoms with E-state index in [4.69, 9.17) is 5.73 Å². The quantitative estimate of drug-likeness (QED) is 0.377. The van der Waals surface area contributed by atoms with Crippen molar-refractivity contribution in [3.8, 4) is 0 Å². The maximum Gasteiger partial charge on any atom is 1.00 e. The molecule has 0 saturated carbocycles. The van der Waals surface area contributed by atoms with Crippen LogP contribution in [-0.4, -0.2) is 46.8 Å². The van der Waals surface area contributed by atoms with Crippen LogP contribution in [0.1, 0.15) is 18.2 Å². The fraction of sp³-hybridized carbons (Fsp3) is 0.300. The molecule has 34 heavy (non-hydrogen) atoms. The Morgan fingerprint density at radius 2 is 1.85 bits per heavy atom. The second-order valence-corrected chi connectivity index (χ2v) is 9.96. The number of alkyl halides is 3. The molecule has 0 bridgehead atoms. The van der Waals surface area contributed by atoms with E-state index in [2.05, 4.69) is 41.0 Å². The van der Waals surface area contributed by atoms with Gasteiger partial charge in [-0.15, -0.1) is 19.1 Å². The third-order valence-corrected chi connectivity index (χ3v) is 7.67. The molecule has 2 heterocycles. The predicted octanol–water partition coefficient (Wildman–Crippen LogP) is 0.980. The minimum atomic E-state index is -4.43. The van der Waals surface area contributed by atoms with Crippen LogP contribution in [0.3, 0.4) is 0 Å². The number of thiazole rings is 1. The summed E-state index contributed by atoms with van der Waals surface area (Å²) in [6.45, 7) is 14.5. The zero-order valence-electron chi connectivity index (χ0n) is 19.1. The molecule has 0 spiro atoms. The fourth-order valence-electron chi connectivity index (χ4n) is 2.78. The maximum atomic E-state index is 12.8. The molecule has 0 aliphatic heterocycles. The Morgan fingerprint density at radius 1 is 1.24 bits per heavy atom. The molecule has 0 amide bonds. The van der Waals surface area contributed by atoms with Gasteiger partial charge in [-0.1, -0.05) is 24.3 Å². The Kier molecular flexibility index (Phi) is 10.8. The van der Waals surface area contributed by atoms with Crippen LogP contribution < -0.4 is 29.9 Å². The van der Waals surface area contributed by atoms with Crippen molar-refractivity contribution >= 4 is 43.2 Å². The first-order chi connectivity index (χ1) is 15.3. The van der Waals surface area contributed by atoms with Gasteiger partial charge in [0.15, 0.2) is 9.34 Å². The number of hydrogen-bond acceptors (Lipinski definition) is 8. The van der Waals surface area contributed by atoms with Crippen LogP contribution in [0.5, 0.6) is 0 Å². The fourth-order valence-corrected chi connectivity index (χ4v) is 5.47. The Bertz CT molecular complexity index is 1200. The van der Waals surface area contributed by atoms with E-state index >= 15 is 0 Å². The third-order valence-electron chi connectivity index (χ3n) is 4.20. The van der Waals surface area contributed by atoms with E-state index in [1.165, 1.54) is 10.4 Å². The maximum absolute atomic E-state index is 12.8. The minimum Gasteiger partial charge on any atom is -0.397 e. The SMILES string of the molecule is [CH2-]CN(C[CH2-])S(=O)(=O)c1sc(N)nc1C.[CH2-][C@H](C)Nc1ncnc2c(C(F)(F)F)cccc12.[Li+]. The van der Waals surface area contributed by atoms with Crippen LogP contribution in [0, 0.1) is 27.7 Å². The first-order valence-electron chi connectivity index (χ1n) is 9.55. The normalized spacial score (nSPS) is 12.6. The van der Waals surface area contributed by atoms with Gasteiger partial charge in [0.05, 0.1) is 16.8 Å². The monoisotopic (exact) mass is 508 g/mol. The van der Waals surface area contributed by atoms with E-state index in [1.807, 2.05) is 0 Å². The topological polar surface area (TPSA) is 114 Å². The second-order valence-electron chi connectivity index (χ2n) is 6.80. The molecular formula is C20H24F3LiN6O2S2-2. The molecule has 0 aliphatic rings. The van der Waals surface area contributed by atoms with E-state index in [0.717, 1.165) is 23.7 Å². The van der Waals surface area contributed by atoms with Crippen molar-refractivity contribution in [2.24, 2.45) is 0 Å². The molecule has 3 aromatic rings. The molecule has 14 heteroatoms. The molecule has 182 valence electrons. The van der Waals surface area contributed by atoms with E-state index in [1.54, 1.807) is 19.9 Å². The summed E-state index contributed by atoms with van der Waals surface area (Å²) in [6, 6.07) is 3.73. The van der Waals surface area contributed by atoms with Crippen LogP contribution >= 0.6 is 11.3 Å². The van der Waals surface area contributed by atoms with Gasteiger partial charge in [-0.2, -0.15) is 13.2 Å². The molecule has 0 unspecified atom stereocenters. The first-order valence-corrected chi connectivity index (χ1v) is 11.8. The van der Waals surface area contributed by atoms with Gasteiger partial charge in [-0.25, -0.2) is 23.4 Å². The molecule has 0 radical (unpaired) electrons. The van der Waals surface area contributed by atoms with E-state index in [0.29, 0.717) is 16.9 Å². The summed E-state index contributed by atoms with van der Waals surface area (Å²) in [7, 11) is -3.53. The minimum absolute atomic E-state index is 0. The molecule has 0 saturated heterocycles. The van der Waals surface area contributed by atoms with Crippen molar-refractivity contribution in [1.82, 2.24) is 19.3 Å². The molecule has 0 aliphatic carbocycles. The number of anilines is 2. The van der Waals surface area contributed by atoms with Gasteiger partial charge in [0.2, 0.25) is 10.0 Å². The summed E-state index contributed by atoms with van der Waals surface area (Å²) >= 11 is 0.962. The summed E-state index contributed by atoms with van der Waals surface area (Å²) in [5.41, 5.74) is 5.00. The molecule has 0 fully saturated rings. The standard InChI is InChI=1S/C12H11F3N3.C8H13N3O2S2.Li/c1-7(2)18-11-8-4-3-5-9(12(13,14)15)10(8)16-6-17-11;1-4-11(5-2)15(12,13)7-6(3)10-8(9)14-7;/h3-7H,1H2,2H3,(H,16,17,18);1-2,4-5H2,3H3,(H2,9,10);/q-1;-2;+1/t7-;;/m1../s1. The van der Waals surface area contributed by atoms with Gasteiger partial charge in [0.25, 0.3) is 0 Å². The Hall–Kier alpha value is -1.91. The summed E-state index contributed by atoms with van der Waals surface area (Å²) in [5.74, 6) is 0.355. The van der Waals surface area contributed by atoms with Crippen molar-refractivity contribution in [3.63, 3.8) is 0 Å². The number of benzene rings is 1. The van der Waals surface area contributed by atoms with Crippen LogP contribution in [0.4, 0.5) is 24.1 Å². The van der Waals surface area contributed by atoms with Gasteiger partial charge in [0, 0.05) is 5.39 Å². The molecular weight excluding hydrogens is 484 g/mol. The summed E-state index contributed by atoms with van der Waals surface area (Å²) in [5, 5.41) is 3.48. The van der Waals surface area contributed by atoms with Gasteiger partial charge >= 0.3 is 25.0 Å². The van der Waals surface area contributed by atoms with Crippen LogP contribution in [0.15, 0.2) is 28.7 Å². The predicted molar refractivity (Wildman–Crippen MR) is 124 cm³/mol. The number of nitrogens with zero attached hydrogens (tertiary/aromatic N) is 4. The zero-order valence-corrected chi connectivity index (χ0v) is 20.7. The molecule has 8 nitrogen and oxygen atoms in total. The number of aryl methyl sites for hydroxylation is 1. The smallest absolute Gasteiger partial charge is 0.397 e. The number of halogens is 3. The number of nitrogens with two attached hydrogens (primary N) is 1. The number of nitrogen functional groups attached to an aromatic ring is 1. The van der Waals surface area contributed by atoms with Gasteiger partial charge < -0.3 is 31.8 Å². The van der Waals surface area contributed by atoms with Crippen molar-refractivity contribution in [2.45, 2.75) is 30.3 Å². The number of sulfonamides is 1. The summed E-state index contributed by atoms with van der Waals surface area (Å²) in [4.78, 5) is 11.5. The number of nitrogens with one attached hydrogen (secondary N) is 1. The van der Waals surface area contributed by atoms with E-state index in [9.17, 15) is 21.6 Å². The van der Waals surface area contributed by atoms with Crippen molar-refractivity contribution < 1.29 is 40.4 Å². The number of para-hydroxylation sites is 1. The number of aromatic nitrogens is 3. The second kappa shape index (κ2) is 12.2. The van der Waals surface area contributed by atoms with Crippen molar-refractivity contribution in [2.75, 3.05) is 24.1 Å².